The molecule has 7 heteroatoms. The van der Waals surface area contributed by atoms with Crippen LogP contribution in [0.15, 0.2) is 18.2 Å². The van der Waals surface area contributed by atoms with Crippen molar-refractivity contribution in [1.82, 2.24) is 14.9 Å². The summed E-state index contributed by atoms with van der Waals surface area (Å²) in [6, 6.07) is 5.07. The molecular formula is C8H9ClN6. The van der Waals surface area contributed by atoms with Crippen LogP contribution in [0, 0.1) is 0 Å². The van der Waals surface area contributed by atoms with Gasteiger partial charge in [0.25, 0.3) is 0 Å². The molecule has 6 N–H and O–H groups in total. The first kappa shape index (κ1) is 9.60. The molecule has 0 aliphatic carbocycles. The number of anilines is 2. The molecule has 78 valence electrons. The summed E-state index contributed by atoms with van der Waals surface area (Å²) < 4.78 is 1.18. The van der Waals surface area contributed by atoms with Gasteiger partial charge in [-0.1, -0.05) is 11.6 Å². The molecule has 15 heavy (non-hydrogen) atoms. The maximum atomic E-state index is 5.79. The average molecular weight is 225 g/mol. The Kier molecular flexibility index (Phi) is 2.12. The standard InChI is InChI=1S/C8H9ClN6/c9-5-2-1-4(3-6(5)10)7-13-14-8(11)15(7)12/h1-3H,10,12H2,(H2,11,14). The monoisotopic (exact) mass is 224 g/mol. The largest absolute Gasteiger partial charge is 0.398 e. The molecule has 0 atom stereocenters. The van der Waals surface area contributed by atoms with Crippen LogP contribution in [0.2, 0.25) is 5.02 Å². The fourth-order valence-electron chi connectivity index (χ4n) is 1.18. The zero-order valence-electron chi connectivity index (χ0n) is 7.68. The molecule has 0 saturated heterocycles. The number of hydrogen-bond acceptors (Lipinski definition) is 5. The molecule has 0 radical (unpaired) electrons. The van der Waals surface area contributed by atoms with E-state index in [1.54, 1.807) is 18.2 Å². The van der Waals surface area contributed by atoms with Gasteiger partial charge in [-0.2, -0.15) is 0 Å². The molecule has 2 aromatic rings. The lowest BCUT2D eigenvalue weighted by Gasteiger charge is -2.03. The lowest BCUT2D eigenvalue weighted by Crippen LogP contribution is -2.13. The minimum absolute atomic E-state index is 0.138. The number of benzene rings is 1. The van der Waals surface area contributed by atoms with Crippen LogP contribution in [0.1, 0.15) is 0 Å². The average Bonchev–Trinajstić information content (AvgIpc) is 2.53. The first-order valence-electron chi connectivity index (χ1n) is 4.11. The molecule has 0 unspecified atom stereocenters. The highest BCUT2D eigenvalue weighted by molar-refractivity contribution is 6.33. The second-order valence-electron chi connectivity index (χ2n) is 2.99. The normalized spacial score (nSPS) is 10.5. The van der Waals surface area contributed by atoms with Gasteiger partial charge in [0, 0.05) is 5.56 Å². The summed E-state index contributed by atoms with van der Waals surface area (Å²) in [5.41, 5.74) is 12.3. The summed E-state index contributed by atoms with van der Waals surface area (Å²) >= 11 is 5.79. The smallest absolute Gasteiger partial charge is 0.241 e. The highest BCUT2D eigenvalue weighted by atomic mass is 35.5. The van der Waals surface area contributed by atoms with Crippen LogP contribution in [0.5, 0.6) is 0 Å². The number of halogens is 1. The van der Waals surface area contributed by atoms with Gasteiger partial charge >= 0.3 is 0 Å². The minimum Gasteiger partial charge on any atom is -0.398 e. The van der Waals surface area contributed by atoms with Crippen LogP contribution in [0.25, 0.3) is 11.4 Å². The molecule has 0 aliphatic heterocycles. The lowest BCUT2D eigenvalue weighted by molar-refractivity contribution is 1.02. The number of aromatic nitrogens is 3. The maximum Gasteiger partial charge on any atom is 0.241 e. The Labute approximate surface area is 90.6 Å². The number of nitrogens with two attached hydrogens (primary N) is 3. The van der Waals surface area contributed by atoms with E-state index in [1.165, 1.54) is 4.68 Å². The fraction of sp³-hybridized carbons (Fsp3) is 0. The quantitative estimate of drug-likeness (QED) is 0.482. The van der Waals surface area contributed by atoms with Gasteiger partial charge in [0.1, 0.15) is 0 Å². The number of hydrogen-bond donors (Lipinski definition) is 3. The zero-order chi connectivity index (χ0) is 11.0. The Hall–Kier alpha value is -1.95. The van der Waals surface area contributed by atoms with Gasteiger partial charge in [-0.05, 0) is 18.2 Å². The molecule has 0 aliphatic rings. The summed E-state index contributed by atoms with van der Waals surface area (Å²) in [6.07, 6.45) is 0. The van der Waals surface area contributed by atoms with Crippen LogP contribution in [0.3, 0.4) is 0 Å². The van der Waals surface area contributed by atoms with Gasteiger partial charge in [0.15, 0.2) is 5.82 Å². The van der Waals surface area contributed by atoms with E-state index >= 15 is 0 Å². The molecule has 1 heterocycles. The highest BCUT2D eigenvalue weighted by Crippen LogP contribution is 2.25. The maximum absolute atomic E-state index is 5.79. The fourth-order valence-corrected chi connectivity index (χ4v) is 1.30. The van der Waals surface area contributed by atoms with Gasteiger partial charge in [-0.25, -0.2) is 4.68 Å². The molecular weight excluding hydrogens is 216 g/mol. The third-order valence-electron chi connectivity index (χ3n) is 1.98. The third kappa shape index (κ3) is 1.55. The Morgan fingerprint density at radius 3 is 2.47 bits per heavy atom. The van der Waals surface area contributed by atoms with E-state index < -0.39 is 0 Å². The summed E-state index contributed by atoms with van der Waals surface area (Å²) in [6.45, 7) is 0. The first-order chi connectivity index (χ1) is 7.09. The van der Waals surface area contributed by atoms with Crippen LogP contribution in [0.4, 0.5) is 11.6 Å². The molecule has 0 spiro atoms. The summed E-state index contributed by atoms with van der Waals surface area (Å²) in [7, 11) is 0. The van der Waals surface area contributed by atoms with Crippen molar-refractivity contribution in [3.05, 3.63) is 23.2 Å². The van der Waals surface area contributed by atoms with Gasteiger partial charge in [0.2, 0.25) is 5.95 Å². The van der Waals surface area contributed by atoms with Crippen molar-refractivity contribution in [3.8, 4) is 11.4 Å². The summed E-state index contributed by atoms with van der Waals surface area (Å²) in [5, 5.41) is 7.94. The Morgan fingerprint density at radius 1 is 1.20 bits per heavy atom. The zero-order valence-corrected chi connectivity index (χ0v) is 8.44. The lowest BCUT2D eigenvalue weighted by atomic mass is 10.2. The van der Waals surface area contributed by atoms with Crippen molar-refractivity contribution in [2.75, 3.05) is 17.3 Å². The van der Waals surface area contributed by atoms with Crippen molar-refractivity contribution >= 4 is 23.2 Å². The predicted molar refractivity (Wildman–Crippen MR) is 59.4 cm³/mol. The molecule has 1 aromatic carbocycles. The Morgan fingerprint density at radius 2 is 1.93 bits per heavy atom. The molecule has 0 bridgehead atoms. The van der Waals surface area contributed by atoms with Crippen LogP contribution >= 0.6 is 11.6 Å². The van der Waals surface area contributed by atoms with Gasteiger partial charge < -0.3 is 17.3 Å². The third-order valence-corrected chi connectivity index (χ3v) is 2.32. The van der Waals surface area contributed by atoms with Crippen molar-refractivity contribution in [3.63, 3.8) is 0 Å². The van der Waals surface area contributed by atoms with Crippen molar-refractivity contribution < 1.29 is 0 Å². The summed E-state index contributed by atoms with van der Waals surface area (Å²) in [4.78, 5) is 0. The van der Waals surface area contributed by atoms with E-state index in [9.17, 15) is 0 Å². The van der Waals surface area contributed by atoms with E-state index in [1.807, 2.05) is 0 Å². The van der Waals surface area contributed by atoms with E-state index in [4.69, 9.17) is 28.9 Å². The molecule has 0 amide bonds. The van der Waals surface area contributed by atoms with Gasteiger partial charge in [0.05, 0.1) is 10.7 Å². The number of nitrogens with zero attached hydrogens (tertiary/aromatic N) is 3. The second-order valence-corrected chi connectivity index (χ2v) is 3.40. The van der Waals surface area contributed by atoms with E-state index in [0.717, 1.165) is 0 Å². The number of rotatable bonds is 1. The molecule has 0 saturated carbocycles. The highest BCUT2D eigenvalue weighted by Gasteiger charge is 2.09. The summed E-state index contributed by atoms with van der Waals surface area (Å²) in [5.74, 6) is 6.19. The Bertz CT molecular complexity index is 506. The van der Waals surface area contributed by atoms with Crippen LogP contribution in [-0.4, -0.2) is 14.9 Å². The van der Waals surface area contributed by atoms with Crippen LogP contribution in [-0.2, 0) is 0 Å². The Balaban J connectivity index is 2.55. The molecule has 2 rings (SSSR count). The van der Waals surface area contributed by atoms with E-state index in [2.05, 4.69) is 10.2 Å². The predicted octanol–water partition coefficient (Wildman–Crippen LogP) is 0.477. The minimum atomic E-state index is 0.138. The van der Waals surface area contributed by atoms with Crippen molar-refractivity contribution in [1.29, 1.82) is 0 Å². The van der Waals surface area contributed by atoms with Crippen molar-refractivity contribution in [2.24, 2.45) is 0 Å². The van der Waals surface area contributed by atoms with Gasteiger partial charge in [-0.3, -0.25) is 0 Å². The van der Waals surface area contributed by atoms with Gasteiger partial charge in [-0.15, -0.1) is 10.2 Å². The number of nitrogen functional groups attached to an aromatic ring is 3. The first-order valence-corrected chi connectivity index (χ1v) is 4.48. The van der Waals surface area contributed by atoms with Crippen LogP contribution < -0.4 is 17.3 Å². The SMILES string of the molecule is Nc1cc(-c2nnc(N)n2N)ccc1Cl. The molecule has 6 nitrogen and oxygen atoms in total. The van der Waals surface area contributed by atoms with E-state index in [0.29, 0.717) is 22.1 Å². The van der Waals surface area contributed by atoms with E-state index in [-0.39, 0.29) is 5.95 Å². The topological polar surface area (TPSA) is 109 Å². The second kappa shape index (κ2) is 3.32. The molecule has 1 aromatic heterocycles. The molecule has 0 fully saturated rings. The van der Waals surface area contributed by atoms with Crippen molar-refractivity contribution in [2.45, 2.75) is 0 Å².